The number of amides is 1. The van der Waals surface area contributed by atoms with Crippen LogP contribution in [-0.2, 0) is 4.79 Å². The van der Waals surface area contributed by atoms with Crippen molar-refractivity contribution in [1.29, 1.82) is 0 Å². The van der Waals surface area contributed by atoms with Crippen LogP contribution in [0.4, 0.5) is 0 Å². The number of nitrogens with two attached hydrogens (primary N) is 1. The summed E-state index contributed by atoms with van der Waals surface area (Å²) in [5.74, 6) is 0.174. The van der Waals surface area contributed by atoms with E-state index < -0.39 is 0 Å². The van der Waals surface area contributed by atoms with E-state index in [2.05, 4.69) is 4.90 Å². The van der Waals surface area contributed by atoms with Crippen molar-refractivity contribution < 1.29 is 4.79 Å². The first-order valence-corrected chi connectivity index (χ1v) is 5.62. The predicted octanol–water partition coefficient (Wildman–Crippen LogP) is 0.381. The van der Waals surface area contributed by atoms with Crippen LogP contribution in [0.3, 0.4) is 0 Å². The molecule has 2 N–H and O–H groups in total. The molecule has 0 aromatic rings. The lowest BCUT2D eigenvalue weighted by Gasteiger charge is -2.22. The van der Waals surface area contributed by atoms with Crippen molar-refractivity contribution in [3.8, 4) is 0 Å². The number of hydrogen-bond donors (Lipinski definition) is 1. The van der Waals surface area contributed by atoms with Gasteiger partial charge in [-0.25, -0.2) is 0 Å². The van der Waals surface area contributed by atoms with Gasteiger partial charge in [0, 0.05) is 20.1 Å². The van der Waals surface area contributed by atoms with Crippen molar-refractivity contribution in [2.45, 2.75) is 19.8 Å². The minimum absolute atomic E-state index is 0.00523. The molecule has 1 unspecified atom stereocenters. The van der Waals surface area contributed by atoms with Gasteiger partial charge in [-0.15, -0.1) is 0 Å². The van der Waals surface area contributed by atoms with Gasteiger partial charge in [0.1, 0.15) is 0 Å². The maximum atomic E-state index is 11.8. The van der Waals surface area contributed by atoms with E-state index >= 15 is 0 Å². The Morgan fingerprint density at radius 1 is 1.27 bits per heavy atom. The highest BCUT2D eigenvalue weighted by Crippen LogP contribution is 2.05. The zero-order valence-electron chi connectivity index (χ0n) is 10.5. The lowest BCUT2D eigenvalue weighted by atomic mass is 10.1. The highest BCUT2D eigenvalue weighted by atomic mass is 16.2. The van der Waals surface area contributed by atoms with E-state index in [1.807, 2.05) is 28.1 Å². The van der Waals surface area contributed by atoms with Gasteiger partial charge in [0.15, 0.2) is 0 Å². The van der Waals surface area contributed by atoms with Crippen LogP contribution in [0, 0.1) is 5.92 Å². The van der Waals surface area contributed by atoms with E-state index in [9.17, 15) is 4.79 Å². The van der Waals surface area contributed by atoms with Gasteiger partial charge in [0.25, 0.3) is 0 Å². The molecule has 1 amide bonds. The first-order chi connectivity index (χ1) is 7.02. The average Bonchev–Trinajstić information content (AvgIpc) is 2.18. The molecule has 0 saturated heterocycles. The number of nitrogens with zero attached hydrogens (tertiary/aromatic N) is 2. The Labute approximate surface area is 93.4 Å². The molecule has 0 spiro atoms. The van der Waals surface area contributed by atoms with E-state index in [1.165, 1.54) is 0 Å². The first kappa shape index (κ1) is 14.4. The number of rotatable bonds is 7. The minimum atomic E-state index is -0.00523. The molecule has 0 aromatic carbocycles. The van der Waals surface area contributed by atoms with Crippen molar-refractivity contribution >= 4 is 5.91 Å². The highest BCUT2D eigenvalue weighted by Gasteiger charge is 2.18. The Balaban J connectivity index is 3.87. The summed E-state index contributed by atoms with van der Waals surface area (Å²) >= 11 is 0. The van der Waals surface area contributed by atoms with Crippen molar-refractivity contribution in [3.05, 3.63) is 0 Å². The van der Waals surface area contributed by atoms with Crippen LogP contribution < -0.4 is 5.73 Å². The standard InChI is InChI=1S/C11H25N3O/c1-5-10(9-12)11(15)14(4)8-6-7-13(2)3/h10H,5-9,12H2,1-4H3. The van der Waals surface area contributed by atoms with E-state index in [1.54, 1.807) is 4.90 Å². The molecule has 0 aliphatic heterocycles. The van der Waals surface area contributed by atoms with Crippen LogP contribution in [-0.4, -0.2) is 56.5 Å². The van der Waals surface area contributed by atoms with Gasteiger partial charge < -0.3 is 15.5 Å². The molecule has 0 heterocycles. The number of carbonyl (C=O) groups excluding carboxylic acids is 1. The quantitative estimate of drug-likeness (QED) is 0.668. The van der Waals surface area contributed by atoms with Crippen molar-refractivity contribution in [1.82, 2.24) is 9.80 Å². The molecular weight excluding hydrogens is 190 g/mol. The zero-order valence-corrected chi connectivity index (χ0v) is 10.5. The predicted molar refractivity (Wildman–Crippen MR) is 63.6 cm³/mol. The van der Waals surface area contributed by atoms with Gasteiger partial charge in [-0.2, -0.15) is 0 Å². The number of hydrogen-bond acceptors (Lipinski definition) is 3. The minimum Gasteiger partial charge on any atom is -0.345 e. The summed E-state index contributed by atoms with van der Waals surface area (Å²) < 4.78 is 0. The molecule has 0 bridgehead atoms. The van der Waals surface area contributed by atoms with Gasteiger partial charge in [0.05, 0.1) is 5.92 Å². The maximum absolute atomic E-state index is 11.8. The maximum Gasteiger partial charge on any atom is 0.226 e. The summed E-state index contributed by atoms with van der Waals surface area (Å²) in [5.41, 5.74) is 5.54. The molecule has 15 heavy (non-hydrogen) atoms. The fraction of sp³-hybridized carbons (Fsp3) is 0.909. The molecule has 4 nitrogen and oxygen atoms in total. The van der Waals surface area contributed by atoms with Crippen LogP contribution in [0.15, 0.2) is 0 Å². The van der Waals surface area contributed by atoms with Crippen LogP contribution in [0.2, 0.25) is 0 Å². The molecule has 0 aliphatic rings. The van der Waals surface area contributed by atoms with Gasteiger partial charge in [-0.05, 0) is 33.5 Å². The zero-order chi connectivity index (χ0) is 11.8. The topological polar surface area (TPSA) is 49.6 Å². The van der Waals surface area contributed by atoms with Crippen molar-refractivity contribution in [2.75, 3.05) is 40.8 Å². The fourth-order valence-electron chi connectivity index (χ4n) is 1.49. The lowest BCUT2D eigenvalue weighted by molar-refractivity contribution is -0.134. The second-order valence-corrected chi connectivity index (χ2v) is 4.26. The monoisotopic (exact) mass is 215 g/mol. The number of carbonyl (C=O) groups is 1. The molecule has 0 saturated carbocycles. The van der Waals surface area contributed by atoms with Crippen LogP contribution in [0.1, 0.15) is 19.8 Å². The van der Waals surface area contributed by atoms with Gasteiger partial charge in [-0.1, -0.05) is 6.92 Å². The first-order valence-electron chi connectivity index (χ1n) is 5.62. The van der Waals surface area contributed by atoms with Crippen LogP contribution in [0.25, 0.3) is 0 Å². The van der Waals surface area contributed by atoms with E-state index in [0.29, 0.717) is 6.54 Å². The summed E-state index contributed by atoms with van der Waals surface area (Å²) in [4.78, 5) is 15.7. The third kappa shape index (κ3) is 5.74. The Kier molecular flexibility index (Phi) is 7.34. The molecular formula is C11H25N3O. The fourth-order valence-corrected chi connectivity index (χ4v) is 1.49. The van der Waals surface area contributed by atoms with E-state index in [4.69, 9.17) is 5.73 Å². The Morgan fingerprint density at radius 3 is 2.27 bits per heavy atom. The third-order valence-electron chi connectivity index (χ3n) is 2.60. The smallest absolute Gasteiger partial charge is 0.226 e. The summed E-state index contributed by atoms with van der Waals surface area (Å²) in [6.45, 7) is 4.28. The molecule has 90 valence electrons. The summed E-state index contributed by atoms with van der Waals surface area (Å²) in [6, 6.07) is 0. The van der Waals surface area contributed by atoms with E-state index in [-0.39, 0.29) is 11.8 Å². The largest absolute Gasteiger partial charge is 0.345 e. The Bertz CT molecular complexity index is 179. The van der Waals surface area contributed by atoms with Crippen LogP contribution >= 0.6 is 0 Å². The second-order valence-electron chi connectivity index (χ2n) is 4.26. The highest BCUT2D eigenvalue weighted by molar-refractivity contribution is 5.78. The molecule has 0 fully saturated rings. The summed E-state index contributed by atoms with van der Waals surface area (Å²) in [5, 5.41) is 0. The van der Waals surface area contributed by atoms with Crippen molar-refractivity contribution in [3.63, 3.8) is 0 Å². The summed E-state index contributed by atoms with van der Waals surface area (Å²) in [7, 11) is 5.93. The van der Waals surface area contributed by atoms with E-state index in [0.717, 1.165) is 25.9 Å². The third-order valence-corrected chi connectivity index (χ3v) is 2.60. The lowest BCUT2D eigenvalue weighted by Crippen LogP contribution is -2.37. The van der Waals surface area contributed by atoms with Gasteiger partial charge >= 0.3 is 0 Å². The van der Waals surface area contributed by atoms with Gasteiger partial charge in [0.2, 0.25) is 5.91 Å². The van der Waals surface area contributed by atoms with Crippen LogP contribution in [0.5, 0.6) is 0 Å². The van der Waals surface area contributed by atoms with Crippen molar-refractivity contribution in [2.24, 2.45) is 11.7 Å². The summed E-state index contributed by atoms with van der Waals surface area (Å²) in [6.07, 6.45) is 1.84. The average molecular weight is 215 g/mol. The Morgan fingerprint density at radius 2 is 1.87 bits per heavy atom. The normalized spacial score (nSPS) is 12.9. The SMILES string of the molecule is CCC(CN)C(=O)N(C)CCCN(C)C. The molecule has 0 aliphatic carbocycles. The molecule has 4 heteroatoms. The van der Waals surface area contributed by atoms with Gasteiger partial charge in [-0.3, -0.25) is 4.79 Å². The molecule has 0 rings (SSSR count). The second kappa shape index (κ2) is 7.65. The molecule has 0 radical (unpaired) electrons. The molecule has 1 atom stereocenters. The molecule has 0 aromatic heterocycles. The Hall–Kier alpha value is -0.610.